The topological polar surface area (TPSA) is 66.2 Å². The minimum atomic E-state index is -0.469. The number of rotatable bonds is 1. The Morgan fingerprint density at radius 1 is 1.19 bits per heavy atom. The highest BCUT2D eigenvalue weighted by Crippen LogP contribution is 2.21. The van der Waals surface area contributed by atoms with Gasteiger partial charge in [-0.15, -0.1) is 5.11 Å². The van der Waals surface area contributed by atoms with Crippen molar-refractivity contribution in [3.05, 3.63) is 47.7 Å². The van der Waals surface area contributed by atoms with E-state index in [1.54, 1.807) is 6.20 Å². The summed E-state index contributed by atoms with van der Waals surface area (Å²) in [7, 11) is 0. The normalized spacial score (nSPS) is 22.2. The van der Waals surface area contributed by atoms with E-state index in [2.05, 4.69) is 20.5 Å². The molecule has 0 aliphatic carbocycles. The van der Waals surface area contributed by atoms with Crippen molar-refractivity contribution in [2.75, 3.05) is 0 Å². The lowest BCUT2D eigenvalue weighted by molar-refractivity contribution is -0.114. The molecule has 5 heteroatoms. The number of amides is 1. The highest BCUT2D eigenvalue weighted by molar-refractivity contribution is 6.04. The number of azo groups is 1. The smallest absolute Gasteiger partial charge is 0.296 e. The third kappa shape index (κ3) is 1.33. The monoisotopic (exact) mass is 212 g/mol. The Morgan fingerprint density at radius 3 is 2.81 bits per heavy atom. The molecular weight excluding hydrogens is 204 g/mol. The summed E-state index contributed by atoms with van der Waals surface area (Å²) in [6.45, 7) is 0. The fourth-order valence-electron chi connectivity index (χ4n) is 1.63. The van der Waals surface area contributed by atoms with Gasteiger partial charge in [-0.25, -0.2) is 4.99 Å². The van der Waals surface area contributed by atoms with Crippen LogP contribution in [0.3, 0.4) is 0 Å². The molecule has 0 fully saturated rings. The van der Waals surface area contributed by atoms with Crippen molar-refractivity contribution in [2.45, 2.75) is 6.17 Å². The van der Waals surface area contributed by atoms with Crippen molar-refractivity contribution in [1.82, 2.24) is 5.32 Å². The van der Waals surface area contributed by atoms with Gasteiger partial charge in [0.25, 0.3) is 5.91 Å². The molecule has 1 atom stereocenters. The average molecular weight is 212 g/mol. The summed E-state index contributed by atoms with van der Waals surface area (Å²) in [5.41, 5.74) is 1.46. The van der Waals surface area contributed by atoms with E-state index in [1.165, 1.54) is 0 Å². The summed E-state index contributed by atoms with van der Waals surface area (Å²) in [5, 5.41) is 10.3. The van der Waals surface area contributed by atoms with Crippen LogP contribution in [-0.4, -0.2) is 17.9 Å². The van der Waals surface area contributed by atoms with E-state index in [1.807, 2.05) is 30.3 Å². The Kier molecular flexibility index (Phi) is 1.89. The second-order valence-corrected chi connectivity index (χ2v) is 3.48. The van der Waals surface area contributed by atoms with Gasteiger partial charge in [0.15, 0.2) is 6.17 Å². The van der Waals surface area contributed by atoms with Crippen LogP contribution in [0.25, 0.3) is 0 Å². The van der Waals surface area contributed by atoms with Crippen molar-refractivity contribution in [3.8, 4) is 0 Å². The predicted molar refractivity (Wildman–Crippen MR) is 57.8 cm³/mol. The van der Waals surface area contributed by atoms with Gasteiger partial charge in [0, 0.05) is 11.8 Å². The maximum absolute atomic E-state index is 11.2. The van der Waals surface area contributed by atoms with E-state index >= 15 is 0 Å². The quantitative estimate of drug-likeness (QED) is 0.761. The molecule has 78 valence electrons. The molecule has 2 heterocycles. The lowest BCUT2D eigenvalue weighted by Crippen LogP contribution is -2.28. The summed E-state index contributed by atoms with van der Waals surface area (Å²) in [6.07, 6.45) is 1.16. The SMILES string of the molecule is O=C1N=NC2N=C(c3ccccc3)NC=C12. The van der Waals surface area contributed by atoms with E-state index in [0.29, 0.717) is 11.4 Å². The molecule has 1 aromatic rings. The Hall–Kier alpha value is -2.30. The number of hydrogen-bond acceptors (Lipinski definition) is 4. The second kappa shape index (κ2) is 3.37. The van der Waals surface area contributed by atoms with Crippen LogP contribution < -0.4 is 5.32 Å². The predicted octanol–water partition coefficient (Wildman–Crippen LogP) is 1.24. The number of benzene rings is 1. The van der Waals surface area contributed by atoms with Gasteiger partial charge in [0.1, 0.15) is 5.84 Å². The molecule has 2 aliphatic heterocycles. The zero-order valence-corrected chi connectivity index (χ0v) is 8.29. The Balaban J connectivity index is 1.95. The van der Waals surface area contributed by atoms with Crippen molar-refractivity contribution in [2.24, 2.45) is 15.2 Å². The molecule has 1 amide bonds. The molecule has 0 bridgehead atoms. The van der Waals surface area contributed by atoms with Crippen molar-refractivity contribution in [1.29, 1.82) is 0 Å². The summed E-state index contributed by atoms with van der Waals surface area (Å²) < 4.78 is 0. The average Bonchev–Trinajstić information content (AvgIpc) is 2.72. The zero-order valence-electron chi connectivity index (χ0n) is 8.29. The van der Waals surface area contributed by atoms with Crippen LogP contribution >= 0.6 is 0 Å². The van der Waals surface area contributed by atoms with Gasteiger partial charge in [0.05, 0.1) is 5.57 Å². The molecule has 2 aliphatic rings. The fraction of sp³-hybridized carbons (Fsp3) is 0.0909. The molecule has 3 rings (SSSR count). The molecule has 0 saturated carbocycles. The lowest BCUT2D eigenvalue weighted by atomic mass is 10.1. The van der Waals surface area contributed by atoms with Crippen LogP contribution in [-0.2, 0) is 4.79 Å². The van der Waals surface area contributed by atoms with Gasteiger partial charge in [-0.3, -0.25) is 4.79 Å². The van der Waals surface area contributed by atoms with Gasteiger partial charge in [-0.2, -0.15) is 5.11 Å². The summed E-state index contributed by atoms with van der Waals surface area (Å²) in [5.74, 6) is 0.399. The molecule has 0 saturated heterocycles. The van der Waals surface area contributed by atoms with Crippen molar-refractivity contribution in [3.63, 3.8) is 0 Å². The molecule has 1 N–H and O–H groups in total. The van der Waals surface area contributed by atoms with Gasteiger partial charge in [-0.05, 0) is 0 Å². The summed E-state index contributed by atoms with van der Waals surface area (Å²) in [4.78, 5) is 15.5. The highest BCUT2D eigenvalue weighted by Gasteiger charge is 2.29. The number of amidine groups is 1. The Labute approximate surface area is 91.6 Å². The lowest BCUT2D eigenvalue weighted by Gasteiger charge is -2.14. The van der Waals surface area contributed by atoms with Crippen LogP contribution in [0.5, 0.6) is 0 Å². The Morgan fingerprint density at radius 2 is 2.00 bits per heavy atom. The first kappa shape index (κ1) is 8.96. The number of hydrogen-bond donors (Lipinski definition) is 1. The summed E-state index contributed by atoms with van der Waals surface area (Å²) >= 11 is 0. The molecule has 1 aromatic carbocycles. The first-order chi connectivity index (χ1) is 7.84. The Bertz CT molecular complexity index is 530. The molecule has 0 spiro atoms. The third-order valence-corrected chi connectivity index (χ3v) is 2.45. The number of aliphatic imine (C=N–C) groups is 1. The molecule has 0 aromatic heterocycles. The highest BCUT2D eigenvalue weighted by atomic mass is 16.2. The van der Waals surface area contributed by atoms with E-state index < -0.39 is 6.17 Å². The van der Waals surface area contributed by atoms with Crippen molar-refractivity contribution >= 4 is 11.7 Å². The second-order valence-electron chi connectivity index (χ2n) is 3.48. The molecule has 1 unspecified atom stereocenters. The fourth-order valence-corrected chi connectivity index (χ4v) is 1.63. The maximum Gasteiger partial charge on any atom is 0.296 e. The maximum atomic E-state index is 11.2. The first-order valence-corrected chi connectivity index (χ1v) is 4.89. The van der Waals surface area contributed by atoms with Gasteiger partial charge in [-0.1, -0.05) is 30.3 Å². The number of fused-ring (bicyclic) bond motifs is 1. The van der Waals surface area contributed by atoms with E-state index in [0.717, 1.165) is 5.56 Å². The molecule has 16 heavy (non-hydrogen) atoms. The zero-order chi connectivity index (χ0) is 11.0. The minimum absolute atomic E-state index is 0.312. The van der Waals surface area contributed by atoms with Crippen LogP contribution in [0.15, 0.2) is 57.3 Å². The molecule has 5 nitrogen and oxygen atoms in total. The molecular formula is C11H8N4O. The standard InChI is InChI=1S/C11H8N4O/c16-11-8-6-12-9(13-10(8)14-15-11)7-4-2-1-3-5-7/h1-6,10H,(H,12,13). The molecule has 0 radical (unpaired) electrons. The summed E-state index contributed by atoms with van der Waals surface area (Å²) in [6, 6.07) is 9.68. The number of carbonyl (C=O) groups is 1. The van der Waals surface area contributed by atoms with E-state index in [-0.39, 0.29) is 5.91 Å². The van der Waals surface area contributed by atoms with Gasteiger partial charge >= 0.3 is 0 Å². The third-order valence-electron chi connectivity index (χ3n) is 2.45. The van der Waals surface area contributed by atoms with E-state index in [9.17, 15) is 4.79 Å². The van der Waals surface area contributed by atoms with Crippen LogP contribution in [0.1, 0.15) is 5.56 Å². The number of nitrogens with zero attached hydrogens (tertiary/aromatic N) is 3. The largest absolute Gasteiger partial charge is 0.346 e. The first-order valence-electron chi connectivity index (χ1n) is 4.89. The number of carbonyl (C=O) groups excluding carboxylic acids is 1. The van der Waals surface area contributed by atoms with Crippen molar-refractivity contribution < 1.29 is 4.79 Å². The van der Waals surface area contributed by atoms with Crippen LogP contribution in [0.4, 0.5) is 0 Å². The van der Waals surface area contributed by atoms with Crippen LogP contribution in [0, 0.1) is 0 Å². The van der Waals surface area contributed by atoms with Crippen LogP contribution in [0.2, 0.25) is 0 Å². The number of nitrogens with one attached hydrogen (secondary N) is 1. The van der Waals surface area contributed by atoms with E-state index in [4.69, 9.17) is 0 Å². The van der Waals surface area contributed by atoms with Gasteiger partial charge < -0.3 is 5.32 Å². The minimum Gasteiger partial charge on any atom is -0.346 e. The van der Waals surface area contributed by atoms with Gasteiger partial charge in [0.2, 0.25) is 0 Å².